The lowest BCUT2D eigenvalue weighted by Gasteiger charge is -2.35. The van der Waals surface area contributed by atoms with E-state index in [-0.39, 0.29) is 25.9 Å². The van der Waals surface area contributed by atoms with Crippen LogP contribution < -0.4 is 10.6 Å². The van der Waals surface area contributed by atoms with Crippen LogP contribution in [0.1, 0.15) is 575 Å². The summed E-state index contributed by atoms with van der Waals surface area (Å²) in [4.78, 5) is 54.0. The lowest BCUT2D eigenvalue weighted by molar-refractivity contribution is -0.142. The molecule has 788 valence electrons. The molecule has 0 aromatic heterocycles. The molecule has 0 aromatic carbocycles. The predicted octanol–water partition coefficient (Wildman–Crippen LogP) is 27.3. The molecule has 0 saturated carbocycles. The van der Waals surface area contributed by atoms with Crippen molar-refractivity contribution in [2.45, 2.75) is 642 Å². The van der Waals surface area contributed by atoms with Crippen LogP contribution in [0.25, 0.3) is 0 Å². The van der Waals surface area contributed by atoms with Crippen LogP contribution in [0.5, 0.6) is 0 Å². The zero-order valence-corrected chi connectivity index (χ0v) is 88.9. The molecule has 18 nitrogen and oxygen atoms in total. The molecule has 2 amide bonds. The number of aliphatic hydroxyl groups excluding tert-OH is 8. The van der Waals surface area contributed by atoms with Gasteiger partial charge in [0.15, 0.2) is 0 Å². The van der Waals surface area contributed by atoms with Gasteiger partial charge in [-0.25, -0.2) is 4.79 Å². The lowest BCUT2D eigenvalue weighted by atomic mass is 10.0. The van der Waals surface area contributed by atoms with Crippen LogP contribution in [0.15, 0.2) is 0 Å². The number of carboxylic acids is 1. The summed E-state index contributed by atoms with van der Waals surface area (Å²) in [6, 6.07) is -3.34. The molecule has 0 fully saturated rings. The van der Waals surface area contributed by atoms with Crippen LogP contribution >= 0.6 is 0 Å². The molecule has 0 aromatic rings. The molecule has 18 heteroatoms. The van der Waals surface area contributed by atoms with E-state index in [0.717, 1.165) is 154 Å². The minimum absolute atomic E-state index is 0.127. The molecule has 132 heavy (non-hydrogen) atoms. The number of nitrogens with zero attached hydrogens (tertiary/aromatic N) is 4. The van der Waals surface area contributed by atoms with Crippen molar-refractivity contribution < 1.29 is 60.3 Å². The number of carbonyl (C=O) groups excluding carboxylic acids is 2. The van der Waals surface area contributed by atoms with Gasteiger partial charge in [0.05, 0.1) is 54.9 Å². The van der Waals surface area contributed by atoms with Gasteiger partial charge in [0.2, 0.25) is 11.8 Å². The zero-order chi connectivity index (χ0) is 96.9. The Morgan fingerprint density at radius 1 is 0.189 bits per heavy atom. The molecule has 0 rings (SSSR count). The zero-order valence-electron chi connectivity index (χ0n) is 88.9. The molecule has 0 heterocycles. The van der Waals surface area contributed by atoms with Gasteiger partial charge in [0.1, 0.15) is 12.1 Å². The monoisotopic (exact) mass is 1880 g/mol. The first-order valence-electron chi connectivity index (χ1n) is 58.5. The smallest absolute Gasteiger partial charge is 0.326 e. The quantitative estimate of drug-likeness (QED) is 0.0253. The SMILES string of the molecule is CCCCCCCCCCC(O)CN(CCCCC(NC(=O)C(CCCCN(CC(O)CCCCCCCCCC)CC(O)CCCCCCCCCC)NC(=O)C(CCCCN(CC(O)CCCCCCCCCC)CC(O)CCCCCCCCCC)N(CC(O)CCCCCCCCCC)CC(O)CCCCCCCCCC)C(=O)O)CC(O)CCCCCCCCCC. The summed E-state index contributed by atoms with van der Waals surface area (Å²) in [6.07, 6.45) is 78.5. The number of rotatable bonds is 109. The van der Waals surface area contributed by atoms with Crippen molar-refractivity contribution in [3.05, 3.63) is 0 Å². The molecule has 0 saturated heterocycles. The Morgan fingerprint density at radius 2 is 0.348 bits per heavy atom. The summed E-state index contributed by atoms with van der Waals surface area (Å²) in [7, 11) is 0. The van der Waals surface area contributed by atoms with Crippen molar-refractivity contribution >= 4 is 17.8 Å². The average molecular weight is 1880 g/mol. The van der Waals surface area contributed by atoms with Gasteiger partial charge in [-0.1, -0.05) is 473 Å². The Labute approximate surface area is 818 Å². The van der Waals surface area contributed by atoms with Crippen molar-refractivity contribution in [2.75, 3.05) is 72.0 Å². The van der Waals surface area contributed by atoms with Gasteiger partial charge >= 0.3 is 5.97 Å². The number of hydrogen-bond acceptors (Lipinski definition) is 15. The minimum Gasteiger partial charge on any atom is -0.480 e. The predicted molar refractivity (Wildman–Crippen MR) is 564 cm³/mol. The standard InChI is InChI=1S/C114H230N6O12/c1-9-17-25-33-41-49-57-65-79-101(121)93-117(94-102(122)80-66-58-50-42-34-26-18-10-2)90-76-73-87-109(112(129)116-110(114(131)132)88-74-77-91-118(95-103(123)81-67-59-51-43-35-27-19-11-3)96-104(124)82-68-60-52-44-36-28-20-12-4)115-113(130)111(120(99-107(127)85-71-63-55-47-39-31-23-15-7)100-108(128)86-72-64-56-48-40-32-24-16-8)89-75-78-92-119(97-105(125)83-69-61-53-45-37-29-21-13-5)98-106(126)84-70-62-54-46-38-30-22-14-6/h101-111,121-128H,9-100H2,1-8H3,(H,115,130)(H,116,129)(H,131,132). The topological polar surface area (TPSA) is 270 Å². The molecule has 0 aliphatic rings. The Bertz CT molecular complexity index is 2260. The van der Waals surface area contributed by atoms with Gasteiger partial charge in [0.25, 0.3) is 0 Å². The minimum atomic E-state index is -1.28. The summed E-state index contributed by atoms with van der Waals surface area (Å²) in [6.45, 7) is 22.4. The van der Waals surface area contributed by atoms with E-state index in [9.17, 15) is 50.8 Å². The fourth-order valence-corrected chi connectivity index (χ4v) is 19.9. The van der Waals surface area contributed by atoms with Gasteiger partial charge in [-0.3, -0.25) is 29.2 Å². The van der Waals surface area contributed by atoms with Crippen LogP contribution in [0.4, 0.5) is 0 Å². The third-order valence-corrected chi connectivity index (χ3v) is 28.5. The van der Waals surface area contributed by atoms with E-state index in [1.165, 1.54) is 257 Å². The highest BCUT2D eigenvalue weighted by Gasteiger charge is 2.34. The molecule has 0 bridgehead atoms. The van der Waals surface area contributed by atoms with E-state index < -0.39 is 84.7 Å². The largest absolute Gasteiger partial charge is 0.480 e. The van der Waals surface area contributed by atoms with Gasteiger partial charge in [-0.2, -0.15) is 0 Å². The highest BCUT2D eigenvalue weighted by Crippen LogP contribution is 2.25. The second-order valence-electron chi connectivity index (χ2n) is 42.0. The average Bonchev–Trinajstić information content (AvgIpc) is 0.838. The number of aliphatic carboxylic acids is 1. The molecule has 0 aliphatic carbocycles. The maximum Gasteiger partial charge on any atom is 0.326 e. The van der Waals surface area contributed by atoms with Crippen LogP contribution in [-0.4, -0.2) is 222 Å². The van der Waals surface area contributed by atoms with E-state index in [2.05, 4.69) is 80.7 Å². The van der Waals surface area contributed by atoms with E-state index in [4.69, 9.17) is 0 Å². The summed E-state index contributed by atoms with van der Waals surface area (Å²) in [5.74, 6) is -2.18. The Kier molecular flexibility index (Phi) is 97.5. The molecule has 0 spiro atoms. The van der Waals surface area contributed by atoms with Crippen molar-refractivity contribution in [1.82, 2.24) is 30.2 Å². The highest BCUT2D eigenvalue weighted by atomic mass is 16.4. The number of amides is 2. The first-order chi connectivity index (χ1) is 64.3. The summed E-state index contributed by atoms with van der Waals surface area (Å²) in [5.41, 5.74) is 0. The number of carboxylic acid groups (broad SMARTS) is 1. The number of nitrogens with one attached hydrogen (secondary N) is 2. The fraction of sp³-hybridized carbons (Fsp3) is 0.974. The van der Waals surface area contributed by atoms with E-state index in [1.807, 2.05) is 4.90 Å². The van der Waals surface area contributed by atoms with Gasteiger partial charge in [-0.05, 0) is 122 Å². The second-order valence-corrected chi connectivity index (χ2v) is 42.0. The van der Waals surface area contributed by atoms with Crippen molar-refractivity contribution in [2.24, 2.45) is 0 Å². The number of unbranched alkanes of at least 4 members (excludes halogenated alkanes) is 59. The Balaban J connectivity index is 8.05. The molecule has 0 aliphatic heterocycles. The third kappa shape index (κ3) is 85.9. The first kappa shape index (κ1) is 130. The molecule has 11 atom stereocenters. The van der Waals surface area contributed by atoms with E-state index in [0.29, 0.717) is 155 Å². The Hall–Kier alpha value is -2.07. The lowest BCUT2D eigenvalue weighted by Crippen LogP contribution is -2.57. The van der Waals surface area contributed by atoms with Crippen molar-refractivity contribution in [3.63, 3.8) is 0 Å². The highest BCUT2D eigenvalue weighted by molar-refractivity contribution is 5.91. The van der Waals surface area contributed by atoms with Crippen LogP contribution in [0.3, 0.4) is 0 Å². The van der Waals surface area contributed by atoms with Crippen LogP contribution in [-0.2, 0) is 14.4 Å². The van der Waals surface area contributed by atoms with E-state index in [1.54, 1.807) is 0 Å². The maximum atomic E-state index is 16.2. The third-order valence-electron chi connectivity index (χ3n) is 28.5. The van der Waals surface area contributed by atoms with Crippen LogP contribution in [0.2, 0.25) is 0 Å². The molecular formula is C114H230N6O12. The molecule has 11 N–H and O–H groups in total. The van der Waals surface area contributed by atoms with Gasteiger partial charge < -0.3 is 56.6 Å². The van der Waals surface area contributed by atoms with E-state index >= 15 is 9.59 Å². The molecular weight excluding hydrogens is 1650 g/mol. The Morgan fingerprint density at radius 3 is 0.545 bits per heavy atom. The number of aliphatic hydroxyl groups is 8. The summed E-state index contributed by atoms with van der Waals surface area (Å²) >= 11 is 0. The van der Waals surface area contributed by atoms with Crippen molar-refractivity contribution in [3.8, 4) is 0 Å². The first-order valence-corrected chi connectivity index (χ1v) is 58.5. The summed E-state index contributed by atoms with van der Waals surface area (Å²) in [5, 5.41) is 112. The molecule has 11 unspecified atom stereocenters. The summed E-state index contributed by atoms with van der Waals surface area (Å²) < 4.78 is 0. The fourth-order valence-electron chi connectivity index (χ4n) is 19.9. The number of carbonyl (C=O) groups is 3. The maximum absolute atomic E-state index is 16.2. The van der Waals surface area contributed by atoms with Gasteiger partial charge in [-0.15, -0.1) is 0 Å². The molecule has 0 radical (unpaired) electrons. The van der Waals surface area contributed by atoms with Crippen molar-refractivity contribution in [1.29, 1.82) is 0 Å². The normalized spacial score (nSPS) is 14.6. The number of hydrogen-bond donors (Lipinski definition) is 11. The van der Waals surface area contributed by atoms with Crippen LogP contribution in [0, 0.1) is 0 Å². The van der Waals surface area contributed by atoms with Gasteiger partial charge in [0, 0.05) is 52.4 Å². The second kappa shape index (κ2) is 99.1.